The van der Waals surface area contributed by atoms with Crippen LogP contribution in [0.25, 0.3) is 0 Å². The van der Waals surface area contributed by atoms with Crippen LogP contribution in [0, 0.1) is 12.8 Å². The molecule has 2 unspecified atom stereocenters. The van der Waals surface area contributed by atoms with Gasteiger partial charge in [0.05, 0.1) is 16.9 Å². The van der Waals surface area contributed by atoms with E-state index < -0.39 is 16.1 Å². The number of anilines is 1. The zero-order valence-corrected chi connectivity index (χ0v) is 21.5. The van der Waals surface area contributed by atoms with Crippen LogP contribution in [0.4, 0.5) is 5.69 Å². The third-order valence-corrected chi connectivity index (χ3v) is 8.55. The van der Waals surface area contributed by atoms with E-state index in [0.717, 1.165) is 32.2 Å². The molecule has 0 aromatic heterocycles. The van der Waals surface area contributed by atoms with E-state index in [1.54, 1.807) is 32.9 Å². The quantitative estimate of drug-likeness (QED) is 0.475. The van der Waals surface area contributed by atoms with Crippen molar-refractivity contribution < 1.29 is 18.0 Å². The van der Waals surface area contributed by atoms with E-state index in [0.29, 0.717) is 37.4 Å². The van der Waals surface area contributed by atoms with Crippen LogP contribution in [0.5, 0.6) is 0 Å². The monoisotopic (exact) mass is 480 g/mol. The van der Waals surface area contributed by atoms with E-state index in [2.05, 4.69) is 17.6 Å². The van der Waals surface area contributed by atoms with Crippen LogP contribution in [0.15, 0.2) is 23.1 Å². The van der Waals surface area contributed by atoms with Gasteiger partial charge in [-0.3, -0.25) is 14.5 Å². The van der Waals surface area contributed by atoms with Crippen LogP contribution in [0.1, 0.15) is 58.9 Å². The first-order valence-corrected chi connectivity index (χ1v) is 13.5. The van der Waals surface area contributed by atoms with Gasteiger partial charge in [0.15, 0.2) is 0 Å². The number of sulfonamides is 1. The molecule has 0 saturated carbocycles. The maximum absolute atomic E-state index is 13.0. The number of benzene rings is 1. The Morgan fingerprint density at radius 1 is 1.21 bits per heavy atom. The molecule has 1 aromatic carbocycles. The highest BCUT2D eigenvalue weighted by Crippen LogP contribution is 2.25. The number of piperidine rings is 1. The van der Waals surface area contributed by atoms with Gasteiger partial charge in [0.1, 0.15) is 0 Å². The average molecular weight is 481 g/mol. The van der Waals surface area contributed by atoms with Crippen molar-refractivity contribution in [2.75, 3.05) is 38.0 Å². The summed E-state index contributed by atoms with van der Waals surface area (Å²) in [5.74, 6) is -0.265. The smallest absolute Gasteiger partial charge is 0.243 e. The van der Waals surface area contributed by atoms with Crippen molar-refractivity contribution in [2.45, 2.75) is 71.2 Å². The Bertz CT molecular complexity index is 915. The summed E-state index contributed by atoms with van der Waals surface area (Å²) in [6.45, 7) is 12.0. The summed E-state index contributed by atoms with van der Waals surface area (Å²) in [6.07, 6.45) is 3.68. The predicted molar refractivity (Wildman–Crippen MR) is 132 cm³/mol. The summed E-state index contributed by atoms with van der Waals surface area (Å²) < 4.78 is 27.4. The lowest BCUT2D eigenvalue weighted by Gasteiger charge is -2.35. The highest BCUT2D eigenvalue weighted by molar-refractivity contribution is 7.89. The van der Waals surface area contributed by atoms with E-state index in [1.165, 1.54) is 10.4 Å². The first kappa shape index (κ1) is 27.3. The van der Waals surface area contributed by atoms with Crippen molar-refractivity contribution in [3.63, 3.8) is 0 Å². The van der Waals surface area contributed by atoms with E-state index in [-0.39, 0.29) is 22.6 Å². The Kier molecular flexibility index (Phi) is 10.3. The zero-order valence-electron chi connectivity index (χ0n) is 20.7. The standard InChI is InChI=1S/C24H40N4O4S/c1-6-9-14-25-24(30)20-11-10-15-27(17-20)19(5)23(29)26-21-13-12-18(4)22(16-21)33(31,32)28(7-2)8-3/h12-13,16,19-20H,6-11,14-15,17H2,1-5H3,(H,25,30)(H,26,29). The second-order valence-electron chi connectivity index (χ2n) is 8.71. The van der Waals surface area contributed by atoms with E-state index in [4.69, 9.17) is 0 Å². The number of unbranched alkanes of at least 4 members (excludes halogenated alkanes) is 1. The fraction of sp³-hybridized carbons (Fsp3) is 0.667. The van der Waals surface area contributed by atoms with E-state index in [9.17, 15) is 18.0 Å². The van der Waals surface area contributed by atoms with Gasteiger partial charge in [-0.05, 0) is 57.4 Å². The van der Waals surface area contributed by atoms with Gasteiger partial charge in [0.2, 0.25) is 21.8 Å². The van der Waals surface area contributed by atoms with Crippen LogP contribution < -0.4 is 10.6 Å². The second kappa shape index (κ2) is 12.5. The first-order chi connectivity index (χ1) is 15.6. The Morgan fingerprint density at radius 2 is 1.91 bits per heavy atom. The summed E-state index contributed by atoms with van der Waals surface area (Å²) in [5.41, 5.74) is 1.09. The summed E-state index contributed by atoms with van der Waals surface area (Å²) in [7, 11) is -3.63. The third-order valence-electron chi connectivity index (χ3n) is 6.36. The Balaban J connectivity index is 2.08. The summed E-state index contributed by atoms with van der Waals surface area (Å²) in [4.78, 5) is 27.7. The lowest BCUT2D eigenvalue weighted by molar-refractivity contribution is -0.129. The van der Waals surface area contributed by atoms with E-state index in [1.807, 2.05) is 11.8 Å². The van der Waals surface area contributed by atoms with Gasteiger partial charge in [-0.25, -0.2) is 8.42 Å². The molecule has 2 rings (SSSR count). The SMILES string of the molecule is CCCCNC(=O)C1CCCN(C(C)C(=O)Nc2ccc(C)c(S(=O)(=O)N(CC)CC)c2)C1. The number of nitrogens with one attached hydrogen (secondary N) is 2. The van der Waals surface area contributed by atoms with Crippen molar-refractivity contribution >= 4 is 27.5 Å². The molecule has 2 N–H and O–H groups in total. The number of aryl methyl sites for hydroxylation is 1. The summed E-state index contributed by atoms with van der Waals surface area (Å²) >= 11 is 0. The molecule has 33 heavy (non-hydrogen) atoms. The van der Waals surface area contributed by atoms with Crippen molar-refractivity contribution in [3.8, 4) is 0 Å². The van der Waals surface area contributed by atoms with E-state index >= 15 is 0 Å². The first-order valence-electron chi connectivity index (χ1n) is 12.1. The molecule has 0 aliphatic carbocycles. The molecular formula is C24H40N4O4S. The molecule has 1 aliphatic heterocycles. The zero-order chi connectivity index (χ0) is 24.6. The minimum Gasteiger partial charge on any atom is -0.356 e. The average Bonchev–Trinajstić information content (AvgIpc) is 2.80. The minimum absolute atomic E-state index is 0.0607. The van der Waals surface area contributed by atoms with Crippen LogP contribution >= 0.6 is 0 Å². The highest BCUT2D eigenvalue weighted by Gasteiger charge is 2.31. The second-order valence-corrected chi connectivity index (χ2v) is 10.6. The number of likely N-dealkylation sites (tertiary alicyclic amines) is 1. The van der Waals surface area contributed by atoms with Crippen molar-refractivity contribution in [3.05, 3.63) is 23.8 Å². The molecule has 8 nitrogen and oxygen atoms in total. The number of nitrogens with zero attached hydrogens (tertiary/aromatic N) is 2. The summed E-state index contributed by atoms with van der Waals surface area (Å²) in [5, 5.41) is 5.87. The van der Waals surface area contributed by atoms with Crippen molar-refractivity contribution in [1.29, 1.82) is 0 Å². The fourth-order valence-electron chi connectivity index (χ4n) is 4.18. The lowest BCUT2D eigenvalue weighted by Crippen LogP contribution is -2.50. The maximum atomic E-state index is 13.0. The van der Waals surface area contributed by atoms with Gasteiger partial charge in [-0.1, -0.05) is 33.3 Å². The maximum Gasteiger partial charge on any atom is 0.243 e. The molecule has 2 atom stereocenters. The number of hydrogen-bond donors (Lipinski definition) is 2. The lowest BCUT2D eigenvalue weighted by atomic mass is 9.95. The van der Waals surface area contributed by atoms with Crippen molar-refractivity contribution in [2.24, 2.45) is 5.92 Å². The molecule has 0 spiro atoms. The molecule has 1 aromatic rings. The molecule has 1 heterocycles. The predicted octanol–water partition coefficient (Wildman–Crippen LogP) is 2.98. The molecular weight excluding hydrogens is 440 g/mol. The number of amides is 2. The number of carbonyl (C=O) groups is 2. The summed E-state index contributed by atoms with van der Waals surface area (Å²) in [6, 6.07) is 4.55. The highest BCUT2D eigenvalue weighted by atomic mass is 32.2. The van der Waals surface area contributed by atoms with Crippen molar-refractivity contribution in [1.82, 2.24) is 14.5 Å². The molecule has 1 fully saturated rings. The van der Waals surface area contributed by atoms with Crippen LogP contribution in [0.2, 0.25) is 0 Å². The number of hydrogen-bond acceptors (Lipinski definition) is 5. The van der Waals surface area contributed by atoms with Gasteiger partial charge in [0, 0.05) is 31.9 Å². The van der Waals surface area contributed by atoms with Crippen LogP contribution in [-0.2, 0) is 19.6 Å². The molecule has 0 bridgehead atoms. The normalized spacial score (nSPS) is 18.2. The van der Waals surface area contributed by atoms with Gasteiger partial charge in [-0.2, -0.15) is 4.31 Å². The van der Waals surface area contributed by atoms with Gasteiger partial charge < -0.3 is 10.6 Å². The Hall–Kier alpha value is -1.97. The topological polar surface area (TPSA) is 98.8 Å². The fourth-order valence-corrected chi connectivity index (χ4v) is 5.88. The molecule has 2 amide bonds. The Morgan fingerprint density at radius 3 is 2.55 bits per heavy atom. The molecule has 0 radical (unpaired) electrons. The van der Waals surface area contributed by atoms with Gasteiger partial charge in [0.25, 0.3) is 0 Å². The van der Waals surface area contributed by atoms with Gasteiger partial charge >= 0.3 is 0 Å². The minimum atomic E-state index is -3.63. The molecule has 1 saturated heterocycles. The molecule has 186 valence electrons. The third kappa shape index (κ3) is 7.01. The van der Waals surface area contributed by atoms with Crippen LogP contribution in [-0.4, -0.2) is 68.2 Å². The van der Waals surface area contributed by atoms with Gasteiger partial charge in [-0.15, -0.1) is 0 Å². The largest absolute Gasteiger partial charge is 0.356 e. The number of rotatable bonds is 11. The molecule has 9 heteroatoms. The van der Waals surface area contributed by atoms with Crippen LogP contribution in [0.3, 0.4) is 0 Å². The Labute approximate surface area is 199 Å². The number of carbonyl (C=O) groups excluding carboxylic acids is 2. The molecule has 1 aliphatic rings.